The summed E-state index contributed by atoms with van der Waals surface area (Å²) in [6, 6.07) is 13.5. The number of nitrogens with zero attached hydrogens (tertiary/aromatic N) is 2. The third-order valence-electron chi connectivity index (χ3n) is 3.95. The van der Waals surface area contributed by atoms with Crippen LogP contribution in [0, 0.1) is 0 Å². The van der Waals surface area contributed by atoms with Crippen molar-refractivity contribution in [3.63, 3.8) is 0 Å². The van der Waals surface area contributed by atoms with Crippen LogP contribution < -0.4 is 16.0 Å². The van der Waals surface area contributed by atoms with Crippen LogP contribution in [0.5, 0.6) is 0 Å². The van der Waals surface area contributed by atoms with Crippen LogP contribution in [0.1, 0.15) is 0 Å². The SMILES string of the molecule is O=c1[nH]cc(S(=O)(=O)Nc2cccc(-c3nnc(-c4ccc(Br)cc4)o3)c2)c(=O)[nH]1. The first-order valence-electron chi connectivity index (χ1n) is 8.36. The molecule has 4 rings (SSSR count). The summed E-state index contributed by atoms with van der Waals surface area (Å²) >= 11 is 3.35. The molecule has 0 atom stereocenters. The molecule has 0 radical (unpaired) electrons. The van der Waals surface area contributed by atoms with Crippen LogP contribution in [0.2, 0.25) is 0 Å². The molecule has 0 saturated heterocycles. The Morgan fingerprint density at radius 3 is 2.37 bits per heavy atom. The number of aromatic amines is 2. The molecule has 2 aromatic heterocycles. The van der Waals surface area contributed by atoms with Gasteiger partial charge in [0.05, 0.1) is 0 Å². The Labute approximate surface area is 177 Å². The van der Waals surface area contributed by atoms with Gasteiger partial charge in [-0.05, 0) is 42.5 Å². The van der Waals surface area contributed by atoms with E-state index >= 15 is 0 Å². The molecule has 10 nitrogen and oxygen atoms in total. The number of H-pyrrole nitrogens is 2. The maximum absolute atomic E-state index is 12.5. The number of hydrogen-bond donors (Lipinski definition) is 3. The maximum Gasteiger partial charge on any atom is 0.325 e. The first-order valence-corrected chi connectivity index (χ1v) is 10.6. The van der Waals surface area contributed by atoms with Crippen molar-refractivity contribution in [1.29, 1.82) is 0 Å². The van der Waals surface area contributed by atoms with Gasteiger partial charge in [-0.15, -0.1) is 10.2 Å². The third-order valence-corrected chi connectivity index (χ3v) is 5.87. The lowest BCUT2D eigenvalue weighted by Crippen LogP contribution is -2.29. The van der Waals surface area contributed by atoms with Crippen LogP contribution in [0.3, 0.4) is 0 Å². The Balaban J connectivity index is 1.62. The Bertz CT molecular complexity index is 1440. The molecule has 0 fully saturated rings. The molecule has 0 aliphatic heterocycles. The summed E-state index contributed by atoms with van der Waals surface area (Å²) in [5.74, 6) is 0.499. The van der Waals surface area contributed by atoms with Gasteiger partial charge in [0.1, 0.15) is 0 Å². The van der Waals surface area contributed by atoms with Gasteiger partial charge in [-0.25, -0.2) is 13.2 Å². The van der Waals surface area contributed by atoms with Crippen molar-refractivity contribution in [2.75, 3.05) is 4.72 Å². The summed E-state index contributed by atoms with van der Waals surface area (Å²) in [5, 5.41) is 8.02. The van der Waals surface area contributed by atoms with Crippen molar-refractivity contribution in [3.05, 3.63) is 80.0 Å². The fraction of sp³-hybridized carbons (Fsp3) is 0. The zero-order valence-corrected chi connectivity index (χ0v) is 17.3. The van der Waals surface area contributed by atoms with E-state index < -0.39 is 26.2 Å². The minimum atomic E-state index is -4.24. The molecule has 2 aromatic carbocycles. The highest BCUT2D eigenvalue weighted by Crippen LogP contribution is 2.27. The van der Waals surface area contributed by atoms with Gasteiger partial charge in [0.25, 0.3) is 15.6 Å². The fourth-order valence-corrected chi connectivity index (χ4v) is 3.89. The number of rotatable bonds is 5. The van der Waals surface area contributed by atoms with Crippen LogP contribution in [-0.4, -0.2) is 28.6 Å². The molecule has 0 bridgehead atoms. The van der Waals surface area contributed by atoms with Crippen molar-refractivity contribution >= 4 is 31.6 Å². The summed E-state index contributed by atoms with van der Waals surface area (Å²) in [6.45, 7) is 0. The molecular formula is C18H12BrN5O5S. The van der Waals surface area contributed by atoms with E-state index in [4.69, 9.17) is 4.42 Å². The van der Waals surface area contributed by atoms with Gasteiger partial charge in [0.15, 0.2) is 4.90 Å². The average Bonchev–Trinajstić information content (AvgIpc) is 3.18. The monoisotopic (exact) mass is 489 g/mol. The van der Waals surface area contributed by atoms with Gasteiger partial charge in [0.2, 0.25) is 11.8 Å². The molecular weight excluding hydrogens is 478 g/mol. The van der Waals surface area contributed by atoms with Crippen LogP contribution >= 0.6 is 15.9 Å². The van der Waals surface area contributed by atoms with E-state index in [0.29, 0.717) is 11.5 Å². The van der Waals surface area contributed by atoms with Crippen molar-refractivity contribution in [2.24, 2.45) is 0 Å². The molecule has 0 aliphatic carbocycles. The number of aromatic nitrogens is 4. The quantitative estimate of drug-likeness (QED) is 0.389. The Morgan fingerprint density at radius 2 is 1.67 bits per heavy atom. The second-order valence-electron chi connectivity index (χ2n) is 6.04. The highest BCUT2D eigenvalue weighted by Gasteiger charge is 2.19. The zero-order valence-electron chi connectivity index (χ0n) is 14.9. The number of halogens is 1. The smallest absolute Gasteiger partial charge is 0.325 e. The Kier molecular flexibility index (Phi) is 5.10. The molecule has 0 unspecified atom stereocenters. The van der Waals surface area contributed by atoms with E-state index in [1.165, 1.54) is 12.1 Å². The molecule has 0 saturated carbocycles. The Morgan fingerprint density at radius 1 is 0.967 bits per heavy atom. The fourth-order valence-electron chi connectivity index (χ4n) is 2.57. The molecule has 12 heteroatoms. The standard InChI is InChI=1S/C18H12BrN5O5S/c19-12-6-4-10(5-7-12)16-22-23-17(29-16)11-2-1-3-13(8-11)24-30(27,28)14-9-20-18(26)21-15(14)25/h1-9,24H,(H2,20,21,25,26). The lowest BCUT2D eigenvalue weighted by molar-refractivity contribution is 0.584. The zero-order chi connectivity index (χ0) is 21.3. The van der Waals surface area contributed by atoms with E-state index in [-0.39, 0.29) is 11.6 Å². The van der Waals surface area contributed by atoms with Crippen LogP contribution in [0.15, 0.2) is 78.1 Å². The third kappa shape index (κ3) is 4.09. The molecule has 2 heterocycles. The van der Waals surface area contributed by atoms with Gasteiger partial charge >= 0.3 is 5.69 Å². The number of sulfonamides is 1. The predicted molar refractivity (Wildman–Crippen MR) is 111 cm³/mol. The number of hydrogen-bond acceptors (Lipinski definition) is 7. The van der Waals surface area contributed by atoms with E-state index in [1.807, 2.05) is 29.2 Å². The van der Waals surface area contributed by atoms with Gasteiger partial charge in [-0.1, -0.05) is 22.0 Å². The largest absolute Gasteiger partial charge is 0.416 e. The average molecular weight is 490 g/mol. The lowest BCUT2D eigenvalue weighted by Gasteiger charge is -2.07. The van der Waals surface area contributed by atoms with E-state index in [2.05, 4.69) is 35.8 Å². The summed E-state index contributed by atoms with van der Waals surface area (Å²) in [6.07, 6.45) is 0.829. The molecule has 4 aromatic rings. The van der Waals surface area contributed by atoms with Crippen LogP contribution in [-0.2, 0) is 10.0 Å². The van der Waals surface area contributed by atoms with Crippen LogP contribution in [0.25, 0.3) is 22.9 Å². The highest BCUT2D eigenvalue weighted by molar-refractivity contribution is 9.10. The summed E-state index contributed by atoms with van der Waals surface area (Å²) < 4.78 is 33.9. The molecule has 0 amide bonds. The highest BCUT2D eigenvalue weighted by atomic mass is 79.9. The first-order chi connectivity index (χ1) is 14.3. The number of anilines is 1. The topological polar surface area (TPSA) is 151 Å². The maximum atomic E-state index is 12.5. The number of nitrogens with one attached hydrogen (secondary N) is 3. The van der Waals surface area contributed by atoms with Crippen molar-refractivity contribution < 1.29 is 12.8 Å². The van der Waals surface area contributed by atoms with Crippen LogP contribution in [0.4, 0.5) is 5.69 Å². The molecule has 152 valence electrons. The van der Waals surface area contributed by atoms with E-state index in [0.717, 1.165) is 16.2 Å². The minimum absolute atomic E-state index is 0.168. The van der Waals surface area contributed by atoms with Crippen molar-refractivity contribution in [1.82, 2.24) is 20.2 Å². The minimum Gasteiger partial charge on any atom is -0.416 e. The predicted octanol–water partition coefficient (Wildman–Crippen LogP) is 2.34. The molecule has 0 spiro atoms. The van der Waals surface area contributed by atoms with Gasteiger partial charge in [0, 0.05) is 27.5 Å². The molecule has 3 N–H and O–H groups in total. The number of benzene rings is 2. The molecule has 30 heavy (non-hydrogen) atoms. The summed E-state index contributed by atoms with van der Waals surface area (Å²) in [7, 11) is -4.24. The van der Waals surface area contributed by atoms with Gasteiger partial charge in [-0.2, -0.15) is 0 Å². The second kappa shape index (κ2) is 7.72. The van der Waals surface area contributed by atoms with Gasteiger partial charge in [-0.3, -0.25) is 14.5 Å². The summed E-state index contributed by atoms with van der Waals surface area (Å²) in [4.78, 5) is 26.3. The van der Waals surface area contributed by atoms with Gasteiger partial charge < -0.3 is 9.40 Å². The van der Waals surface area contributed by atoms with Crippen molar-refractivity contribution in [2.45, 2.75) is 4.90 Å². The van der Waals surface area contributed by atoms with Crippen molar-refractivity contribution in [3.8, 4) is 22.9 Å². The van der Waals surface area contributed by atoms with E-state index in [9.17, 15) is 18.0 Å². The molecule has 0 aliphatic rings. The Hall–Kier alpha value is -3.51. The summed E-state index contributed by atoms with van der Waals surface area (Å²) in [5.41, 5.74) is -0.466. The van der Waals surface area contributed by atoms with E-state index in [1.54, 1.807) is 12.1 Å². The normalized spacial score (nSPS) is 11.4. The first kappa shape index (κ1) is 19.8. The second-order valence-corrected chi connectivity index (χ2v) is 8.61. The lowest BCUT2D eigenvalue weighted by atomic mass is 10.2.